The van der Waals surface area contributed by atoms with Crippen molar-refractivity contribution in [3.8, 4) is 0 Å². The number of hydrogen-bond donors (Lipinski definition) is 0. The van der Waals surface area contributed by atoms with Crippen molar-refractivity contribution in [2.45, 2.75) is 6.92 Å². The number of rotatable bonds is 2. The SMILES string of the molecule is CCOC(=O)c1cc(I)cc(F)n1. The number of carbonyl (C=O) groups is 1. The van der Waals surface area contributed by atoms with Gasteiger partial charge in [-0.15, -0.1) is 0 Å². The highest BCUT2D eigenvalue weighted by molar-refractivity contribution is 14.1. The molecular formula is C8H7FINO2. The Labute approximate surface area is 88.4 Å². The van der Waals surface area contributed by atoms with Crippen LogP contribution in [0.2, 0.25) is 0 Å². The van der Waals surface area contributed by atoms with E-state index in [0.29, 0.717) is 3.57 Å². The normalized spacial score (nSPS) is 9.77. The van der Waals surface area contributed by atoms with Crippen molar-refractivity contribution in [1.82, 2.24) is 4.98 Å². The molecule has 0 spiro atoms. The molecular weight excluding hydrogens is 288 g/mol. The average molecular weight is 295 g/mol. The first-order valence-corrected chi connectivity index (χ1v) is 4.71. The summed E-state index contributed by atoms with van der Waals surface area (Å²) in [7, 11) is 0. The molecule has 1 rings (SSSR count). The maximum absolute atomic E-state index is 12.7. The summed E-state index contributed by atoms with van der Waals surface area (Å²) in [5.74, 6) is -1.27. The molecule has 70 valence electrons. The van der Waals surface area contributed by atoms with Gasteiger partial charge in [-0.05, 0) is 35.6 Å². The van der Waals surface area contributed by atoms with Gasteiger partial charge in [-0.25, -0.2) is 9.78 Å². The number of halogens is 2. The Morgan fingerprint density at radius 2 is 2.38 bits per heavy atom. The zero-order valence-corrected chi connectivity index (χ0v) is 9.04. The van der Waals surface area contributed by atoms with Gasteiger partial charge in [-0.2, -0.15) is 4.39 Å². The van der Waals surface area contributed by atoms with Gasteiger partial charge in [0.25, 0.3) is 0 Å². The third kappa shape index (κ3) is 2.91. The highest BCUT2D eigenvalue weighted by Crippen LogP contribution is 2.08. The maximum atomic E-state index is 12.7. The first-order valence-electron chi connectivity index (χ1n) is 3.63. The van der Waals surface area contributed by atoms with E-state index in [2.05, 4.69) is 9.72 Å². The van der Waals surface area contributed by atoms with Gasteiger partial charge in [-0.1, -0.05) is 0 Å². The van der Waals surface area contributed by atoms with E-state index in [0.717, 1.165) is 0 Å². The van der Waals surface area contributed by atoms with E-state index in [1.54, 1.807) is 6.92 Å². The van der Waals surface area contributed by atoms with Gasteiger partial charge < -0.3 is 4.74 Å². The summed E-state index contributed by atoms with van der Waals surface area (Å²) in [6.07, 6.45) is 0. The number of ether oxygens (including phenoxy) is 1. The highest BCUT2D eigenvalue weighted by atomic mass is 127. The molecule has 1 aromatic heterocycles. The third-order valence-corrected chi connectivity index (χ3v) is 1.87. The second kappa shape index (κ2) is 4.50. The summed E-state index contributed by atoms with van der Waals surface area (Å²) in [5.41, 5.74) is 0.00579. The molecule has 0 amide bonds. The fourth-order valence-electron chi connectivity index (χ4n) is 0.775. The van der Waals surface area contributed by atoms with Gasteiger partial charge in [0.05, 0.1) is 6.61 Å². The van der Waals surface area contributed by atoms with Crippen LogP contribution in [0.25, 0.3) is 0 Å². The van der Waals surface area contributed by atoms with Crippen LogP contribution in [0.1, 0.15) is 17.4 Å². The number of hydrogen-bond acceptors (Lipinski definition) is 3. The molecule has 0 N–H and O–H groups in total. The zero-order valence-electron chi connectivity index (χ0n) is 6.88. The summed E-state index contributed by atoms with van der Waals surface area (Å²) in [6, 6.07) is 2.71. The van der Waals surface area contributed by atoms with Crippen LogP contribution < -0.4 is 0 Å². The molecule has 1 heterocycles. The minimum absolute atomic E-state index is 0.00579. The van der Waals surface area contributed by atoms with Crippen LogP contribution in [-0.2, 0) is 4.74 Å². The van der Waals surface area contributed by atoms with Gasteiger partial charge in [0.2, 0.25) is 5.95 Å². The predicted molar refractivity (Wildman–Crippen MR) is 52.9 cm³/mol. The number of pyridine rings is 1. The number of esters is 1. The molecule has 0 aliphatic rings. The van der Waals surface area contributed by atoms with Crippen molar-refractivity contribution in [3.63, 3.8) is 0 Å². The maximum Gasteiger partial charge on any atom is 0.357 e. The lowest BCUT2D eigenvalue weighted by atomic mass is 10.3. The van der Waals surface area contributed by atoms with Crippen molar-refractivity contribution in [2.75, 3.05) is 6.61 Å². The van der Waals surface area contributed by atoms with Gasteiger partial charge in [0.1, 0.15) is 0 Å². The molecule has 0 aromatic carbocycles. The number of aromatic nitrogens is 1. The Kier molecular flexibility index (Phi) is 3.58. The minimum Gasteiger partial charge on any atom is -0.461 e. The third-order valence-electron chi connectivity index (χ3n) is 1.24. The van der Waals surface area contributed by atoms with Crippen LogP contribution in [0, 0.1) is 9.52 Å². The number of carbonyl (C=O) groups excluding carboxylic acids is 1. The van der Waals surface area contributed by atoms with Crippen molar-refractivity contribution in [1.29, 1.82) is 0 Å². The molecule has 13 heavy (non-hydrogen) atoms. The van der Waals surface area contributed by atoms with E-state index in [4.69, 9.17) is 0 Å². The van der Waals surface area contributed by atoms with Crippen molar-refractivity contribution >= 4 is 28.6 Å². The molecule has 0 radical (unpaired) electrons. The van der Waals surface area contributed by atoms with Gasteiger partial charge in [0, 0.05) is 9.64 Å². The topological polar surface area (TPSA) is 39.2 Å². The molecule has 1 aromatic rings. The van der Waals surface area contributed by atoms with E-state index >= 15 is 0 Å². The molecule has 0 bridgehead atoms. The highest BCUT2D eigenvalue weighted by Gasteiger charge is 2.10. The molecule has 0 atom stereocenters. The van der Waals surface area contributed by atoms with E-state index in [1.807, 2.05) is 22.6 Å². The summed E-state index contributed by atoms with van der Waals surface area (Å²) in [5, 5.41) is 0. The van der Waals surface area contributed by atoms with Crippen LogP contribution in [0.15, 0.2) is 12.1 Å². The van der Waals surface area contributed by atoms with E-state index in [9.17, 15) is 9.18 Å². The smallest absolute Gasteiger partial charge is 0.357 e. The van der Waals surface area contributed by atoms with E-state index in [1.165, 1.54) is 12.1 Å². The Hall–Kier alpha value is -0.720. The molecule has 0 unspecified atom stereocenters. The van der Waals surface area contributed by atoms with Gasteiger partial charge in [0.15, 0.2) is 5.69 Å². The van der Waals surface area contributed by atoms with Crippen LogP contribution in [-0.4, -0.2) is 17.6 Å². The van der Waals surface area contributed by atoms with Gasteiger partial charge in [-0.3, -0.25) is 0 Å². The van der Waals surface area contributed by atoms with Crippen molar-refractivity contribution in [2.24, 2.45) is 0 Å². The molecule has 3 nitrogen and oxygen atoms in total. The second-order valence-electron chi connectivity index (χ2n) is 2.21. The molecule has 0 saturated heterocycles. The first kappa shape index (κ1) is 10.4. The van der Waals surface area contributed by atoms with Crippen molar-refractivity contribution in [3.05, 3.63) is 27.3 Å². The molecule has 0 aliphatic carbocycles. The lowest BCUT2D eigenvalue weighted by Gasteiger charge is -2.00. The monoisotopic (exact) mass is 295 g/mol. The lowest BCUT2D eigenvalue weighted by molar-refractivity contribution is 0.0518. The average Bonchev–Trinajstić information content (AvgIpc) is 2.03. The summed E-state index contributed by atoms with van der Waals surface area (Å²) < 4.78 is 18.0. The fraction of sp³-hybridized carbons (Fsp3) is 0.250. The van der Waals surface area contributed by atoms with Crippen molar-refractivity contribution < 1.29 is 13.9 Å². The molecule has 5 heteroatoms. The first-order chi connectivity index (χ1) is 6.13. The molecule has 0 aliphatic heterocycles. The standard InChI is InChI=1S/C8H7FINO2/c1-2-13-8(12)6-3-5(10)4-7(9)11-6/h3-4H,2H2,1H3. The van der Waals surface area contributed by atoms with Crippen LogP contribution >= 0.6 is 22.6 Å². The zero-order chi connectivity index (χ0) is 9.84. The minimum atomic E-state index is -0.671. The quantitative estimate of drug-likeness (QED) is 0.476. The van der Waals surface area contributed by atoms with E-state index < -0.39 is 11.9 Å². The second-order valence-corrected chi connectivity index (χ2v) is 3.46. The number of nitrogens with zero attached hydrogens (tertiary/aromatic N) is 1. The fourth-order valence-corrected chi connectivity index (χ4v) is 1.33. The van der Waals surface area contributed by atoms with Crippen LogP contribution in [0.5, 0.6) is 0 Å². The summed E-state index contributed by atoms with van der Waals surface area (Å²) in [4.78, 5) is 14.5. The Bertz CT molecular complexity index is 310. The summed E-state index contributed by atoms with van der Waals surface area (Å²) >= 11 is 1.91. The largest absolute Gasteiger partial charge is 0.461 e. The Morgan fingerprint density at radius 3 is 2.92 bits per heavy atom. The molecule has 0 fully saturated rings. The molecule has 0 saturated carbocycles. The Morgan fingerprint density at radius 1 is 1.69 bits per heavy atom. The lowest BCUT2D eigenvalue weighted by Crippen LogP contribution is -2.08. The summed E-state index contributed by atoms with van der Waals surface area (Å²) in [6.45, 7) is 1.94. The van der Waals surface area contributed by atoms with Crippen LogP contribution in [0.3, 0.4) is 0 Å². The predicted octanol–water partition coefficient (Wildman–Crippen LogP) is 2.00. The van der Waals surface area contributed by atoms with Crippen LogP contribution in [0.4, 0.5) is 4.39 Å². The Balaban J connectivity index is 2.94. The van der Waals surface area contributed by atoms with E-state index in [-0.39, 0.29) is 12.3 Å². The van der Waals surface area contributed by atoms with Gasteiger partial charge >= 0.3 is 5.97 Å².